The second-order valence-electron chi connectivity index (χ2n) is 7.80. The molecule has 0 bridgehead atoms. The summed E-state index contributed by atoms with van der Waals surface area (Å²) < 4.78 is 10.1. The Morgan fingerprint density at radius 2 is 1.77 bits per heavy atom. The molecule has 8 heteroatoms. The van der Waals surface area contributed by atoms with Crippen LogP contribution in [0.1, 0.15) is 51.0 Å². The number of aryl methyl sites for hydroxylation is 2. The summed E-state index contributed by atoms with van der Waals surface area (Å²) in [6.07, 6.45) is -1.04. The molecule has 1 saturated heterocycles. The first-order chi connectivity index (χ1) is 14.6. The number of amides is 1. The average Bonchev–Trinajstić information content (AvgIpc) is 3.26. The van der Waals surface area contributed by atoms with Crippen LogP contribution in [0.4, 0.5) is 5.69 Å². The van der Waals surface area contributed by atoms with Crippen LogP contribution in [0.5, 0.6) is 0 Å². The van der Waals surface area contributed by atoms with Crippen LogP contribution in [0.2, 0.25) is 0 Å². The van der Waals surface area contributed by atoms with Gasteiger partial charge in [-0.25, -0.2) is 4.79 Å². The molecule has 0 aliphatic carbocycles. The van der Waals surface area contributed by atoms with Gasteiger partial charge in [-0.1, -0.05) is 17.7 Å². The Labute approximate surface area is 180 Å². The van der Waals surface area contributed by atoms with Crippen LogP contribution in [0.15, 0.2) is 24.3 Å². The average molecular weight is 426 g/mol. The summed E-state index contributed by atoms with van der Waals surface area (Å²) in [4.78, 5) is 54.3. The van der Waals surface area contributed by atoms with Crippen LogP contribution >= 0.6 is 0 Å². The molecule has 2 aromatic rings. The predicted octanol–water partition coefficient (Wildman–Crippen LogP) is 2.89. The van der Waals surface area contributed by atoms with E-state index >= 15 is 0 Å². The Morgan fingerprint density at radius 3 is 2.39 bits per heavy atom. The van der Waals surface area contributed by atoms with E-state index in [1.807, 2.05) is 31.2 Å². The molecular formula is C23H26N2O6. The second-order valence-corrected chi connectivity index (χ2v) is 7.80. The molecule has 1 aliphatic rings. The van der Waals surface area contributed by atoms with Gasteiger partial charge in [-0.2, -0.15) is 0 Å². The number of hydrogen-bond acceptors (Lipinski definition) is 6. The molecule has 0 radical (unpaired) electrons. The number of carbonyl (C=O) groups is 4. The number of nitrogens with one attached hydrogen (secondary N) is 1. The summed E-state index contributed by atoms with van der Waals surface area (Å²) in [5.41, 5.74) is 3.23. The lowest BCUT2D eigenvalue weighted by Gasteiger charge is -2.18. The van der Waals surface area contributed by atoms with Crippen molar-refractivity contribution in [2.75, 3.05) is 18.6 Å². The number of hydrogen-bond donors (Lipinski definition) is 1. The maximum absolute atomic E-state index is 12.8. The van der Waals surface area contributed by atoms with Gasteiger partial charge >= 0.3 is 11.9 Å². The van der Waals surface area contributed by atoms with Gasteiger partial charge in [-0.3, -0.25) is 14.4 Å². The van der Waals surface area contributed by atoms with Gasteiger partial charge in [0.2, 0.25) is 11.7 Å². The molecule has 1 amide bonds. The molecule has 1 N–H and O–H groups in total. The van der Waals surface area contributed by atoms with E-state index in [1.54, 1.807) is 18.7 Å². The topological polar surface area (TPSA) is 106 Å². The molecule has 164 valence electrons. The summed E-state index contributed by atoms with van der Waals surface area (Å²) in [5.74, 6) is -2.41. The quantitative estimate of drug-likeness (QED) is 0.562. The molecule has 2 heterocycles. The molecule has 1 aromatic heterocycles. The zero-order valence-corrected chi connectivity index (χ0v) is 18.3. The van der Waals surface area contributed by atoms with E-state index in [0.717, 1.165) is 11.3 Å². The summed E-state index contributed by atoms with van der Waals surface area (Å²) in [6, 6.07) is 7.47. The number of aromatic nitrogens is 1. The van der Waals surface area contributed by atoms with Crippen molar-refractivity contribution in [3.63, 3.8) is 0 Å². The summed E-state index contributed by atoms with van der Waals surface area (Å²) in [7, 11) is 1.27. The number of nitrogens with zero attached hydrogens (tertiary/aromatic N) is 1. The molecule has 2 atom stereocenters. The number of ether oxygens (including phenoxy) is 2. The van der Waals surface area contributed by atoms with E-state index in [-0.39, 0.29) is 24.6 Å². The Bertz CT molecular complexity index is 1040. The lowest BCUT2D eigenvalue weighted by Crippen LogP contribution is -2.30. The summed E-state index contributed by atoms with van der Waals surface area (Å²) in [6.45, 7) is 6.93. The van der Waals surface area contributed by atoms with Gasteiger partial charge in [0.25, 0.3) is 0 Å². The van der Waals surface area contributed by atoms with Crippen molar-refractivity contribution >= 4 is 29.3 Å². The Kier molecular flexibility index (Phi) is 6.29. The number of rotatable bonds is 6. The third kappa shape index (κ3) is 4.38. The number of aromatic amines is 1. The first-order valence-corrected chi connectivity index (χ1v) is 10.0. The van der Waals surface area contributed by atoms with Crippen molar-refractivity contribution in [1.29, 1.82) is 0 Å². The molecule has 1 fully saturated rings. The molecule has 8 nitrogen and oxygen atoms in total. The number of Topliss-reactive ketones (excluding diaryl/α,β-unsaturated/α-hetero) is 1. The van der Waals surface area contributed by atoms with Crippen LogP contribution in [0, 0.1) is 26.7 Å². The van der Waals surface area contributed by atoms with Crippen molar-refractivity contribution in [3.05, 3.63) is 52.3 Å². The molecule has 0 saturated carbocycles. The first kappa shape index (κ1) is 22.3. The maximum Gasteiger partial charge on any atom is 0.339 e. The molecule has 0 spiro atoms. The van der Waals surface area contributed by atoms with E-state index in [9.17, 15) is 19.2 Å². The number of ketones is 1. The SMILES string of the molecule is COC(=O)c1c(C)[nH]c(C(=O)[C@H](C)OC(=O)[C@H]2CC(=O)N(c3ccc(C)cc3)C2)c1C. The van der Waals surface area contributed by atoms with Crippen LogP contribution in [-0.2, 0) is 19.1 Å². The monoisotopic (exact) mass is 426 g/mol. The van der Waals surface area contributed by atoms with Gasteiger partial charge < -0.3 is 19.4 Å². The number of benzene rings is 1. The van der Waals surface area contributed by atoms with Crippen molar-refractivity contribution in [3.8, 4) is 0 Å². The van der Waals surface area contributed by atoms with Crippen molar-refractivity contribution in [1.82, 2.24) is 4.98 Å². The number of esters is 2. The number of methoxy groups -OCH3 is 1. The summed E-state index contributed by atoms with van der Waals surface area (Å²) in [5, 5.41) is 0. The minimum absolute atomic E-state index is 0.0285. The Balaban J connectivity index is 1.68. The molecule has 0 unspecified atom stereocenters. The smallest absolute Gasteiger partial charge is 0.339 e. The van der Waals surface area contributed by atoms with Gasteiger partial charge in [0, 0.05) is 24.3 Å². The van der Waals surface area contributed by atoms with Gasteiger partial charge in [0.15, 0.2) is 6.10 Å². The molecule has 31 heavy (non-hydrogen) atoms. The van der Waals surface area contributed by atoms with Gasteiger partial charge in [0.1, 0.15) is 0 Å². The third-order valence-electron chi connectivity index (χ3n) is 5.54. The zero-order valence-electron chi connectivity index (χ0n) is 18.3. The number of carbonyl (C=O) groups excluding carboxylic acids is 4. The van der Waals surface area contributed by atoms with Gasteiger partial charge in [-0.15, -0.1) is 0 Å². The zero-order chi connectivity index (χ0) is 22.9. The predicted molar refractivity (Wildman–Crippen MR) is 113 cm³/mol. The highest BCUT2D eigenvalue weighted by atomic mass is 16.5. The highest BCUT2D eigenvalue weighted by Gasteiger charge is 2.38. The van der Waals surface area contributed by atoms with Crippen molar-refractivity contribution in [2.45, 2.75) is 40.2 Å². The Hall–Kier alpha value is -3.42. The van der Waals surface area contributed by atoms with Crippen LogP contribution in [-0.4, -0.2) is 48.4 Å². The van der Waals surface area contributed by atoms with Crippen molar-refractivity contribution < 1.29 is 28.7 Å². The number of H-pyrrole nitrogens is 1. The fraction of sp³-hybridized carbons (Fsp3) is 0.391. The minimum atomic E-state index is -1.07. The third-order valence-corrected chi connectivity index (χ3v) is 5.54. The van der Waals surface area contributed by atoms with Crippen molar-refractivity contribution in [2.24, 2.45) is 5.92 Å². The summed E-state index contributed by atoms with van der Waals surface area (Å²) >= 11 is 0. The fourth-order valence-electron chi connectivity index (χ4n) is 3.77. The van der Waals surface area contributed by atoms with Crippen LogP contribution < -0.4 is 4.90 Å². The van der Waals surface area contributed by atoms with E-state index in [4.69, 9.17) is 9.47 Å². The highest BCUT2D eigenvalue weighted by molar-refractivity contribution is 6.04. The lowest BCUT2D eigenvalue weighted by molar-refractivity contribution is -0.151. The molecular weight excluding hydrogens is 400 g/mol. The molecule has 1 aliphatic heterocycles. The maximum atomic E-state index is 12.8. The molecule has 1 aromatic carbocycles. The lowest BCUT2D eigenvalue weighted by atomic mass is 10.1. The van der Waals surface area contributed by atoms with E-state index < -0.39 is 29.7 Å². The molecule has 3 rings (SSSR count). The fourth-order valence-corrected chi connectivity index (χ4v) is 3.77. The van der Waals surface area contributed by atoms with E-state index in [1.165, 1.54) is 14.0 Å². The van der Waals surface area contributed by atoms with E-state index in [0.29, 0.717) is 16.8 Å². The minimum Gasteiger partial charge on any atom is -0.465 e. The standard InChI is InChI=1S/C23H26N2O6/c1-12-6-8-17(9-7-12)25-11-16(10-18(25)26)22(28)31-15(4)21(27)20-13(2)19(14(3)24-20)23(29)30-5/h6-9,15-16,24H,10-11H2,1-5H3/t15-,16-/m0/s1. The first-order valence-electron chi connectivity index (χ1n) is 10.0. The normalized spacial score (nSPS) is 16.9. The van der Waals surface area contributed by atoms with Gasteiger partial charge in [0.05, 0.1) is 24.3 Å². The van der Waals surface area contributed by atoms with Gasteiger partial charge in [-0.05, 0) is 45.4 Å². The second kappa shape index (κ2) is 8.75. The highest BCUT2D eigenvalue weighted by Crippen LogP contribution is 2.27. The number of anilines is 1. The largest absolute Gasteiger partial charge is 0.465 e. The Morgan fingerprint density at radius 1 is 1.13 bits per heavy atom. The van der Waals surface area contributed by atoms with Crippen LogP contribution in [0.25, 0.3) is 0 Å². The van der Waals surface area contributed by atoms with E-state index in [2.05, 4.69) is 4.98 Å². The van der Waals surface area contributed by atoms with Crippen LogP contribution in [0.3, 0.4) is 0 Å².